The average Bonchev–Trinajstić information content (AvgIpc) is 2.42. The molecule has 0 aliphatic carbocycles. The molecule has 9 nitrogen and oxygen atoms in total. The molecule has 0 fully saturated rings. The third-order valence-electron chi connectivity index (χ3n) is 2.62. The Morgan fingerprint density at radius 3 is 2.67 bits per heavy atom. The molecule has 0 unspecified atom stereocenters. The number of anilines is 1. The second-order valence-electron chi connectivity index (χ2n) is 4.55. The highest BCUT2D eigenvalue weighted by Crippen LogP contribution is 2.26. The second kappa shape index (κ2) is 7.16. The van der Waals surface area contributed by atoms with Crippen LogP contribution in [0.2, 0.25) is 0 Å². The van der Waals surface area contributed by atoms with Crippen LogP contribution >= 0.6 is 0 Å². The zero-order chi connectivity index (χ0) is 16.0. The van der Waals surface area contributed by atoms with Crippen LogP contribution in [-0.2, 0) is 4.79 Å². The van der Waals surface area contributed by atoms with Crippen LogP contribution in [-0.4, -0.2) is 59.6 Å². The molecule has 0 amide bonds. The lowest BCUT2D eigenvalue weighted by Crippen LogP contribution is -2.36. The average molecular weight is 293 g/mol. The van der Waals surface area contributed by atoms with Gasteiger partial charge in [0.1, 0.15) is 12.6 Å². The lowest BCUT2D eigenvalue weighted by molar-refractivity contribution is -0.384. The molecule has 1 aromatic rings. The predicted octanol–water partition coefficient (Wildman–Crippen LogP) is 0.314. The number of hydrogen-bond donors (Lipinski definition) is 1. The molecular weight excluding hydrogens is 278 g/mol. The van der Waals surface area contributed by atoms with Gasteiger partial charge in [-0.05, 0) is 14.1 Å². The van der Waals surface area contributed by atoms with Gasteiger partial charge in [0.25, 0.3) is 0 Å². The van der Waals surface area contributed by atoms with Gasteiger partial charge in [-0.3, -0.25) is 14.9 Å². The number of pyridine rings is 1. The molecule has 0 aliphatic heterocycles. The minimum absolute atomic E-state index is 0.0494. The van der Waals surface area contributed by atoms with Gasteiger partial charge in [0.15, 0.2) is 0 Å². The zero-order valence-electron chi connectivity index (χ0n) is 11.7. The van der Waals surface area contributed by atoms with E-state index in [4.69, 9.17) is 10.4 Å². The van der Waals surface area contributed by atoms with Gasteiger partial charge in [-0.15, -0.1) is 0 Å². The van der Waals surface area contributed by atoms with Crippen LogP contribution in [0.25, 0.3) is 0 Å². The monoisotopic (exact) mass is 293 g/mol. The third kappa shape index (κ3) is 4.70. The quantitative estimate of drug-likeness (QED) is 0.562. The van der Waals surface area contributed by atoms with Crippen LogP contribution in [0, 0.1) is 21.4 Å². The molecule has 0 aliphatic rings. The number of rotatable bonds is 7. The van der Waals surface area contributed by atoms with Crippen LogP contribution in [0.1, 0.15) is 5.56 Å². The van der Waals surface area contributed by atoms with Gasteiger partial charge in [0.05, 0.1) is 10.5 Å². The standard InChI is InChI=1S/C12H15N5O4/c1-15(2)3-4-16(8-11(18)19)12-10(17(20)21)5-9(6-13)7-14-12/h5,7H,3-4,8H2,1-2H3,(H,18,19). The van der Waals surface area contributed by atoms with Gasteiger partial charge in [0, 0.05) is 25.4 Å². The maximum atomic E-state index is 11.1. The topological polar surface area (TPSA) is 124 Å². The Kier molecular flexibility index (Phi) is 5.57. The molecule has 0 aromatic carbocycles. The lowest BCUT2D eigenvalue weighted by Gasteiger charge is -2.23. The van der Waals surface area contributed by atoms with Crippen molar-refractivity contribution in [3.05, 3.63) is 27.9 Å². The van der Waals surface area contributed by atoms with Gasteiger partial charge < -0.3 is 14.9 Å². The molecule has 9 heteroatoms. The summed E-state index contributed by atoms with van der Waals surface area (Å²) >= 11 is 0. The minimum Gasteiger partial charge on any atom is -0.480 e. The van der Waals surface area contributed by atoms with Crippen LogP contribution in [0.4, 0.5) is 11.5 Å². The van der Waals surface area contributed by atoms with E-state index in [2.05, 4.69) is 4.98 Å². The number of nitrogens with zero attached hydrogens (tertiary/aromatic N) is 5. The van der Waals surface area contributed by atoms with Crippen LogP contribution < -0.4 is 4.90 Å². The molecule has 0 radical (unpaired) electrons. The summed E-state index contributed by atoms with van der Waals surface area (Å²) in [5, 5.41) is 28.8. The maximum absolute atomic E-state index is 11.1. The van der Waals surface area contributed by atoms with Crippen molar-refractivity contribution in [2.75, 3.05) is 38.6 Å². The number of carbonyl (C=O) groups is 1. The Hall–Kier alpha value is -2.73. The number of aliphatic carboxylic acids is 1. The van der Waals surface area contributed by atoms with E-state index >= 15 is 0 Å². The lowest BCUT2D eigenvalue weighted by atomic mass is 10.2. The molecule has 1 heterocycles. The summed E-state index contributed by atoms with van der Waals surface area (Å²) in [4.78, 5) is 28.4. The molecule has 21 heavy (non-hydrogen) atoms. The largest absolute Gasteiger partial charge is 0.480 e. The van der Waals surface area contributed by atoms with Crippen molar-refractivity contribution in [3.8, 4) is 6.07 Å². The number of hydrogen-bond acceptors (Lipinski definition) is 7. The van der Waals surface area contributed by atoms with Crippen molar-refractivity contribution in [2.24, 2.45) is 0 Å². The number of aromatic nitrogens is 1. The highest BCUT2D eigenvalue weighted by atomic mass is 16.6. The summed E-state index contributed by atoms with van der Waals surface area (Å²) < 4.78 is 0. The summed E-state index contributed by atoms with van der Waals surface area (Å²) in [6.45, 7) is 0.360. The number of carboxylic acid groups (broad SMARTS) is 1. The molecule has 112 valence electrons. The number of carboxylic acids is 1. The van der Waals surface area contributed by atoms with Gasteiger partial charge >= 0.3 is 11.7 Å². The molecule has 1 aromatic heterocycles. The summed E-state index contributed by atoms with van der Waals surface area (Å²) in [5.41, 5.74) is -0.331. The number of nitriles is 1. The predicted molar refractivity (Wildman–Crippen MR) is 74.0 cm³/mol. The molecule has 0 saturated heterocycles. The van der Waals surface area contributed by atoms with Gasteiger partial charge in [-0.25, -0.2) is 4.98 Å². The summed E-state index contributed by atoms with van der Waals surface area (Å²) in [5.74, 6) is -1.17. The Labute approximate surface area is 121 Å². The molecule has 0 spiro atoms. The number of likely N-dealkylation sites (N-methyl/N-ethyl adjacent to an activating group) is 1. The van der Waals surface area contributed by atoms with Crippen LogP contribution in [0.3, 0.4) is 0 Å². The summed E-state index contributed by atoms with van der Waals surface area (Å²) in [7, 11) is 3.61. The van der Waals surface area contributed by atoms with E-state index in [-0.39, 0.29) is 23.6 Å². The fourth-order valence-electron chi connectivity index (χ4n) is 1.63. The third-order valence-corrected chi connectivity index (χ3v) is 2.62. The normalized spacial score (nSPS) is 10.2. The van der Waals surface area contributed by atoms with E-state index in [9.17, 15) is 14.9 Å². The fraction of sp³-hybridized carbons (Fsp3) is 0.417. The molecule has 1 N–H and O–H groups in total. The van der Waals surface area contributed by atoms with E-state index in [1.165, 1.54) is 11.1 Å². The molecule has 1 rings (SSSR count). The van der Waals surface area contributed by atoms with Gasteiger partial charge in [-0.1, -0.05) is 0 Å². The van der Waals surface area contributed by atoms with E-state index in [0.717, 1.165) is 6.07 Å². The van der Waals surface area contributed by atoms with Crippen LogP contribution in [0.5, 0.6) is 0 Å². The molecule has 0 atom stereocenters. The molecule has 0 saturated carbocycles. The Morgan fingerprint density at radius 2 is 2.19 bits per heavy atom. The number of nitro groups is 1. The Balaban J connectivity index is 3.19. The first-order chi connectivity index (χ1) is 9.85. The van der Waals surface area contributed by atoms with Crippen LogP contribution in [0.15, 0.2) is 12.3 Å². The highest BCUT2D eigenvalue weighted by molar-refractivity contribution is 5.75. The van der Waals surface area contributed by atoms with E-state index in [1.807, 2.05) is 4.90 Å². The van der Waals surface area contributed by atoms with Gasteiger partial charge in [-0.2, -0.15) is 5.26 Å². The van der Waals surface area contributed by atoms with E-state index in [0.29, 0.717) is 6.54 Å². The zero-order valence-corrected chi connectivity index (χ0v) is 11.7. The van der Waals surface area contributed by atoms with Gasteiger partial charge in [0.2, 0.25) is 5.82 Å². The first-order valence-electron chi connectivity index (χ1n) is 6.01. The van der Waals surface area contributed by atoms with Crippen molar-refractivity contribution in [1.29, 1.82) is 5.26 Å². The highest BCUT2D eigenvalue weighted by Gasteiger charge is 2.23. The SMILES string of the molecule is CN(C)CCN(CC(=O)O)c1ncc(C#N)cc1[N+](=O)[O-]. The minimum atomic E-state index is -1.12. The second-order valence-corrected chi connectivity index (χ2v) is 4.55. The van der Waals surface area contributed by atoms with E-state index < -0.39 is 17.4 Å². The van der Waals surface area contributed by atoms with Crippen molar-refractivity contribution < 1.29 is 14.8 Å². The first kappa shape index (κ1) is 16.3. The van der Waals surface area contributed by atoms with Crippen molar-refractivity contribution >= 4 is 17.5 Å². The van der Waals surface area contributed by atoms with Crippen molar-refractivity contribution in [3.63, 3.8) is 0 Å². The Bertz CT molecular complexity index is 582. The fourth-order valence-corrected chi connectivity index (χ4v) is 1.63. The molecule has 0 bridgehead atoms. The summed E-state index contributed by atoms with van der Waals surface area (Å²) in [6.07, 6.45) is 1.19. The maximum Gasteiger partial charge on any atom is 0.323 e. The first-order valence-corrected chi connectivity index (χ1v) is 6.01. The molecular formula is C12H15N5O4. The van der Waals surface area contributed by atoms with Crippen molar-refractivity contribution in [1.82, 2.24) is 9.88 Å². The Morgan fingerprint density at radius 1 is 1.52 bits per heavy atom. The van der Waals surface area contributed by atoms with Crippen molar-refractivity contribution in [2.45, 2.75) is 0 Å². The summed E-state index contributed by atoms with van der Waals surface area (Å²) in [6, 6.07) is 2.86. The smallest absolute Gasteiger partial charge is 0.323 e. The van der Waals surface area contributed by atoms with E-state index in [1.54, 1.807) is 20.2 Å².